The number of hydrogen-bond donors (Lipinski definition) is 0. The largest absolute Gasteiger partial charge is 0.481 e. The zero-order chi connectivity index (χ0) is 12.1. The molecule has 0 saturated heterocycles. The molecule has 0 atom stereocenters. The lowest BCUT2D eigenvalue weighted by molar-refractivity contribution is 0.289. The molecule has 0 bridgehead atoms. The lowest BCUT2D eigenvalue weighted by Crippen LogP contribution is -1.99. The number of ether oxygens (including phenoxy) is 2. The van der Waals surface area contributed by atoms with E-state index in [0.29, 0.717) is 18.4 Å². The number of aryl methyl sites for hydroxylation is 1. The molecule has 2 aromatic heterocycles. The molecule has 0 aliphatic rings. The van der Waals surface area contributed by atoms with Gasteiger partial charge in [0, 0.05) is 23.9 Å². The third-order valence-electron chi connectivity index (χ3n) is 2.17. The van der Waals surface area contributed by atoms with Crippen LogP contribution in [-0.2, 0) is 6.61 Å². The summed E-state index contributed by atoms with van der Waals surface area (Å²) in [6, 6.07) is 7.33. The van der Waals surface area contributed by atoms with Crippen LogP contribution < -0.4 is 9.47 Å². The molecule has 2 heterocycles. The highest BCUT2D eigenvalue weighted by molar-refractivity contribution is 5.18. The first kappa shape index (κ1) is 11.3. The number of pyridine rings is 1. The van der Waals surface area contributed by atoms with Crippen LogP contribution in [0.15, 0.2) is 30.5 Å². The Bertz CT molecular complexity index is 468. The fraction of sp³-hybridized carbons (Fsp3) is 0.250. The van der Waals surface area contributed by atoms with Gasteiger partial charge in [-0.2, -0.15) is 5.10 Å². The standard InChI is InChI=1S/C12H13N3O2/c1-9-3-5-12(15-14-9)17-8-10-4-6-11(16-2)13-7-10/h3-7H,8H2,1-2H3. The molecule has 0 unspecified atom stereocenters. The molecular formula is C12H13N3O2. The SMILES string of the molecule is COc1ccc(COc2ccc(C)nn2)cn1. The Kier molecular flexibility index (Phi) is 3.49. The summed E-state index contributed by atoms with van der Waals surface area (Å²) in [4.78, 5) is 4.09. The maximum Gasteiger partial charge on any atom is 0.233 e. The zero-order valence-electron chi connectivity index (χ0n) is 9.75. The minimum absolute atomic E-state index is 0.411. The van der Waals surface area contributed by atoms with Gasteiger partial charge in [-0.05, 0) is 19.1 Å². The van der Waals surface area contributed by atoms with Crippen molar-refractivity contribution < 1.29 is 9.47 Å². The van der Waals surface area contributed by atoms with Gasteiger partial charge in [-0.25, -0.2) is 4.98 Å². The van der Waals surface area contributed by atoms with E-state index >= 15 is 0 Å². The zero-order valence-corrected chi connectivity index (χ0v) is 9.75. The quantitative estimate of drug-likeness (QED) is 0.802. The summed E-state index contributed by atoms with van der Waals surface area (Å²) in [5, 5.41) is 7.82. The second-order valence-corrected chi connectivity index (χ2v) is 3.51. The van der Waals surface area contributed by atoms with Crippen LogP contribution in [0.25, 0.3) is 0 Å². The first-order valence-electron chi connectivity index (χ1n) is 5.20. The van der Waals surface area contributed by atoms with Crippen LogP contribution in [-0.4, -0.2) is 22.3 Å². The Morgan fingerprint density at radius 3 is 2.47 bits per heavy atom. The highest BCUT2D eigenvalue weighted by Crippen LogP contribution is 2.10. The second-order valence-electron chi connectivity index (χ2n) is 3.51. The summed E-state index contributed by atoms with van der Waals surface area (Å²) < 4.78 is 10.4. The molecule has 2 aromatic rings. The van der Waals surface area contributed by atoms with E-state index in [4.69, 9.17) is 9.47 Å². The molecule has 0 saturated carbocycles. The van der Waals surface area contributed by atoms with Crippen LogP contribution in [0.2, 0.25) is 0 Å². The van der Waals surface area contributed by atoms with E-state index < -0.39 is 0 Å². The number of aromatic nitrogens is 3. The maximum atomic E-state index is 5.47. The highest BCUT2D eigenvalue weighted by atomic mass is 16.5. The molecule has 0 aromatic carbocycles. The maximum absolute atomic E-state index is 5.47. The Labute approximate surface area is 99.4 Å². The average molecular weight is 231 g/mol. The highest BCUT2D eigenvalue weighted by Gasteiger charge is 1.99. The Balaban J connectivity index is 1.95. The molecule has 0 aliphatic carbocycles. The average Bonchev–Trinajstić information content (AvgIpc) is 2.39. The smallest absolute Gasteiger partial charge is 0.233 e. The molecule has 0 amide bonds. The van der Waals surface area contributed by atoms with Crippen LogP contribution in [0, 0.1) is 6.92 Å². The van der Waals surface area contributed by atoms with Crippen molar-refractivity contribution in [1.82, 2.24) is 15.2 Å². The summed E-state index contributed by atoms with van der Waals surface area (Å²) in [7, 11) is 1.58. The van der Waals surface area contributed by atoms with Crippen molar-refractivity contribution in [2.45, 2.75) is 13.5 Å². The Hall–Kier alpha value is -2.17. The van der Waals surface area contributed by atoms with E-state index in [-0.39, 0.29) is 0 Å². The van der Waals surface area contributed by atoms with Gasteiger partial charge in [0.05, 0.1) is 12.8 Å². The van der Waals surface area contributed by atoms with Gasteiger partial charge < -0.3 is 9.47 Å². The van der Waals surface area contributed by atoms with Gasteiger partial charge >= 0.3 is 0 Å². The van der Waals surface area contributed by atoms with Gasteiger partial charge in [0.1, 0.15) is 6.61 Å². The van der Waals surface area contributed by atoms with Crippen molar-refractivity contribution in [3.63, 3.8) is 0 Å². The van der Waals surface area contributed by atoms with Crippen molar-refractivity contribution in [2.24, 2.45) is 0 Å². The fourth-order valence-corrected chi connectivity index (χ4v) is 1.24. The Morgan fingerprint density at radius 1 is 1.06 bits per heavy atom. The van der Waals surface area contributed by atoms with Crippen molar-refractivity contribution in [3.05, 3.63) is 41.7 Å². The topological polar surface area (TPSA) is 57.1 Å². The first-order valence-corrected chi connectivity index (χ1v) is 5.20. The number of hydrogen-bond acceptors (Lipinski definition) is 5. The monoisotopic (exact) mass is 231 g/mol. The summed E-state index contributed by atoms with van der Waals surface area (Å²) in [5.74, 6) is 1.09. The minimum atomic E-state index is 0.411. The van der Waals surface area contributed by atoms with Gasteiger partial charge in [0.15, 0.2) is 0 Å². The van der Waals surface area contributed by atoms with Crippen molar-refractivity contribution in [1.29, 1.82) is 0 Å². The molecule has 0 fully saturated rings. The second kappa shape index (κ2) is 5.25. The van der Waals surface area contributed by atoms with Crippen LogP contribution in [0.4, 0.5) is 0 Å². The van der Waals surface area contributed by atoms with Gasteiger partial charge in [-0.3, -0.25) is 0 Å². The van der Waals surface area contributed by atoms with E-state index in [1.807, 2.05) is 19.1 Å². The van der Waals surface area contributed by atoms with Crippen LogP contribution in [0.1, 0.15) is 11.3 Å². The molecule has 5 heteroatoms. The van der Waals surface area contributed by atoms with E-state index in [1.165, 1.54) is 0 Å². The Morgan fingerprint density at radius 2 is 1.88 bits per heavy atom. The molecule has 0 spiro atoms. The predicted molar refractivity (Wildman–Crippen MR) is 61.9 cm³/mol. The predicted octanol–water partition coefficient (Wildman–Crippen LogP) is 1.77. The molecule has 5 nitrogen and oxygen atoms in total. The van der Waals surface area contributed by atoms with Crippen molar-refractivity contribution >= 4 is 0 Å². The molecule has 0 N–H and O–H groups in total. The van der Waals surface area contributed by atoms with Gasteiger partial charge in [0.25, 0.3) is 0 Å². The third kappa shape index (κ3) is 3.14. The third-order valence-corrected chi connectivity index (χ3v) is 2.17. The van der Waals surface area contributed by atoms with Gasteiger partial charge in [-0.15, -0.1) is 5.10 Å². The van der Waals surface area contributed by atoms with Gasteiger partial charge in [-0.1, -0.05) is 0 Å². The summed E-state index contributed by atoms with van der Waals surface area (Å²) in [6.07, 6.45) is 1.71. The number of rotatable bonds is 4. The molecule has 2 rings (SSSR count). The summed E-state index contributed by atoms with van der Waals surface area (Å²) in [5.41, 5.74) is 1.82. The van der Waals surface area contributed by atoms with E-state index in [2.05, 4.69) is 15.2 Å². The molecule has 0 aliphatic heterocycles. The van der Waals surface area contributed by atoms with E-state index in [0.717, 1.165) is 11.3 Å². The lowest BCUT2D eigenvalue weighted by atomic mass is 10.3. The van der Waals surface area contributed by atoms with Crippen molar-refractivity contribution in [2.75, 3.05) is 7.11 Å². The first-order chi connectivity index (χ1) is 8.28. The molecule has 88 valence electrons. The molecular weight excluding hydrogens is 218 g/mol. The van der Waals surface area contributed by atoms with E-state index in [1.54, 1.807) is 25.4 Å². The van der Waals surface area contributed by atoms with Crippen LogP contribution in [0.5, 0.6) is 11.8 Å². The van der Waals surface area contributed by atoms with E-state index in [9.17, 15) is 0 Å². The molecule has 17 heavy (non-hydrogen) atoms. The number of nitrogens with zero attached hydrogens (tertiary/aromatic N) is 3. The summed E-state index contributed by atoms with van der Waals surface area (Å²) in [6.45, 7) is 2.29. The van der Waals surface area contributed by atoms with Crippen molar-refractivity contribution in [3.8, 4) is 11.8 Å². The van der Waals surface area contributed by atoms with Gasteiger partial charge in [0.2, 0.25) is 11.8 Å². The fourth-order valence-electron chi connectivity index (χ4n) is 1.24. The molecule has 0 radical (unpaired) electrons. The summed E-state index contributed by atoms with van der Waals surface area (Å²) >= 11 is 0. The normalized spacial score (nSPS) is 10.0. The lowest BCUT2D eigenvalue weighted by Gasteiger charge is -2.05. The van der Waals surface area contributed by atoms with Crippen LogP contribution >= 0.6 is 0 Å². The number of methoxy groups -OCH3 is 1. The van der Waals surface area contributed by atoms with Crippen LogP contribution in [0.3, 0.4) is 0 Å². The minimum Gasteiger partial charge on any atom is -0.481 e.